The summed E-state index contributed by atoms with van der Waals surface area (Å²) in [6.45, 7) is 0. The summed E-state index contributed by atoms with van der Waals surface area (Å²) in [5.74, 6) is 0.0103. The lowest BCUT2D eigenvalue weighted by atomic mass is 10.0. The minimum Gasteiger partial charge on any atom is -0.495 e. The molecule has 0 aliphatic rings. The zero-order valence-electron chi connectivity index (χ0n) is 19.2. The van der Waals surface area contributed by atoms with Gasteiger partial charge in [-0.3, -0.25) is 4.79 Å². The van der Waals surface area contributed by atoms with Crippen molar-refractivity contribution >= 4 is 32.4 Å². The van der Waals surface area contributed by atoms with Crippen molar-refractivity contribution in [3.05, 3.63) is 72.0 Å². The Kier molecular flexibility index (Phi) is 6.65. The summed E-state index contributed by atoms with van der Waals surface area (Å²) in [5, 5.41) is 5.93. The van der Waals surface area contributed by atoms with Crippen LogP contribution in [-0.2, 0) is 9.84 Å². The van der Waals surface area contributed by atoms with Crippen LogP contribution >= 0.6 is 0 Å². The number of nitrogens with one attached hydrogen (secondary N) is 2. The van der Waals surface area contributed by atoms with Gasteiger partial charge in [-0.1, -0.05) is 12.1 Å². The Bertz CT molecular complexity index is 1500. The molecule has 0 aliphatic carbocycles. The van der Waals surface area contributed by atoms with Crippen LogP contribution in [0.3, 0.4) is 0 Å². The van der Waals surface area contributed by atoms with E-state index in [1.54, 1.807) is 48.5 Å². The summed E-state index contributed by atoms with van der Waals surface area (Å²) in [5.41, 5.74) is 1.65. The van der Waals surface area contributed by atoms with Gasteiger partial charge in [-0.25, -0.2) is 12.8 Å². The molecule has 4 rings (SSSR count). The molecule has 0 atom stereocenters. The molecule has 1 heterocycles. The summed E-state index contributed by atoms with van der Waals surface area (Å²) in [6.07, 6.45) is 1.11. The van der Waals surface area contributed by atoms with Crippen LogP contribution in [0.4, 0.5) is 10.1 Å². The van der Waals surface area contributed by atoms with E-state index in [4.69, 9.17) is 13.9 Å². The van der Waals surface area contributed by atoms with Gasteiger partial charge < -0.3 is 24.5 Å². The average Bonchev–Trinajstić information content (AvgIpc) is 3.21. The number of furan rings is 1. The number of anilines is 1. The van der Waals surface area contributed by atoms with Crippen LogP contribution in [0.25, 0.3) is 22.3 Å². The fraction of sp³-hybridized carbons (Fsp3) is 0.160. The average molecular weight is 499 g/mol. The van der Waals surface area contributed by atoms with Crippen LogP contribution in [0.2, 0.25) is 0 Å². The van der Waals surface area contributed by atoms with Gasteiger partial charge >= 0.3 is 0 Å². The molecule has 0 saturated heterocycles. The maximum Gasteiger partial charge on any atom is 0.255 e. The summed E-state index contributed by atoms with van der Waals surface area (Å²) >= 11 is 0. The number of hydrogen-bond acceptors (Lipinski definition) is 7. The lowest BCUT2D eigenvalue weighted by molar-refractivity contribution is 0.0964. The molecule has 4 aromatic rings. The molecule has 0 spiro atoms. The number of methoxy groups -OCH3 is 1. The summed E-state index contributed by atoms with van der Waals surface area (Å²) in [4.78, 5) is 12.8. The minimum atomic E-state index is -3.29. The zero-order valence-corrected chi connectivity index (χ0v) is 20.0. The molecule has 10 heteroatoms. The van der Waals surface area contributed by atoms with Gasteiger partial charge in [0.05, 0.1) is 18.4 Å². The van der Waals surface area contributed by atoms with E-state index >= 15 is 0 Å². The number of amides is 1. The lowest BCUT2D eigenvalue weighted by Crippen LogP contribution is -2.18. The monoisotopic (exact) mass is 498 g/mol. The van der Waals surface area contributed by atoms with Crippen molar-refractivity contribution in [2.24, 2.45) is 0 Å². The highest BCUT2D eigenvalue weighted by Crippen LogP contribution is 2.39. The van der Waals surface area contributed by atoms with Gasteiger partial charge in [-0.05, 0) is 42.5 Å². The number of benzene rings is 3. The Morgan fingerprint density at radius 3 is 2.40 bits per heavy atom. The minimum absolute atomic E-state index is 0.0938. The van der Waals surface area contributed by atoms with Gasteiger partial charge in [-0.2, -0.15) is 0 Å². The number of rotatable bonds is 8. The van der Waals surface area contributed by atoms with Crippen molar-refractivity contribution in [1.82, 2.24) is 5.32 Å². The SMILES string of the molecule is CNC(=O)c1c(-c2ccc(Oc3ccccc3F)cc2)oc2cc(NCS(C)(=O)=O)c(OC)cc12. The number of hydrogen-bond donors (Lipinski definition) is 2. The molecule has 2 N–H and O–H groups in total. The molecule has 0 unspecified atom stereocenters. The van der Waals surface area contributed by atoms with Crippen molar-refractivity contribution in [2.75, 3.05) is 31.6 Å². The van der Waals surface area contributed by atoms with Crippen LogP contribution in [0.1, 0.15) is 10.4 Å². The van der Waals surface area contributed by atoms with Crippen molar-refractivity contribution in [3.63, 3.8) is 0 Å². The number of para-hydroxylation sites is 1. The third-order valence-corrected chi connectivity index (χ3v) is 5.84. The molecule has 182 valence electrons. The summed E-state index contributed by atoms with van der Waals surface area (Å²) in [7, 11) is -0.335. The van der Waals surface area contributed by atoms with Gasteiger partial charge in [-0.15, -0.1) is 0 Å². The Balaban J connectivity index is 1.76. The predicted octanol–water partition coefficient (Wildman–Crippen LogP) is 4.81. The van der Waals surface area contributed by atoms with Gasteiger partial charge in [0.25, 0.3) is 5.91 Å². The molecule has 35 heavy (non-hydrogen) atoms. The number of fused-ring (bicyclic) bond motifs is 1. The second-order valence-electron chi connectivity index (χ2n) is 7.74. The quantitative estimate of drug-likeness (QED) is 0.359. The Morgan fingerprint density at radius 1 is 1.06 bits per heavy atom. The van der Waals surface area contributed by atoms with E-state index < -0.39 is 15.7 Å². The summed E-state index contributed by atoms with van der Waals surface area (Å²) < 4.78 is 54.1. The molecule has 1 aromatic heterocycles. The van der Waals surface area contributed by atoms with Crippen LogP contribution < -0.4 is 20.1 Å². The number of carbonyl (C=O) groups is 1. The summed E-state index contributed by atoms with van der Waals surface area (Å²) in [6, 6.07) is 16.0. The first-order valence-corrected chi connectivity index (χ1v) is 12.6. The van der Waals surface area contributed by atoms with Crippen LogP contribution in [0, 0.1) is 5.82 Å². The van der Waals surface area contributed by atoms with Crippen molar-refractivity contribution in [1.29, 1.82) is 0 Å². The third-order valence-electron chi connectivity index (χ3n) is 5.17. The highest BCUT2D eigenvalue weighted by atomic mass is 32.2. The van der Waals surface area contributed by atoms with Gasteiger partial charge in [0, 0.05) is 30.3 Å². The normalized spacial score (nSPS) is 11.3. The Labute approximate surface area is 201 Å². The smallest absolute Gasteiger partial charge is 0.255 e. The first kappa shape index (κ1) is 24.1. The van der Waals surface area contributed by atoms with Gasteiger partial charge in [0.15, 0.2) is 21.4 Å². The van der Waals surface area contributed by atoms with Crippen LogP contribution in [0.15, 0.2) is 65.1 Å². The van der Waals surface area contributed by atoms with Crippen molar-refractivity contribution in [2.45, 2.75) is 0 Å². The van der Waals surface area contributed by atoms with E-state index in [1.165, 1.54) is 26.3 Å². The highest BCUT2D eigenvalue weighted by Gasteiger charge is 2.23. The molecular formula is C25H23FN2O6S. The Morgan fingerprint density at radius 2 is 1.77 bits per heavy atom. The maximum absolute atomic E-state index is 13.9. The van der Waals surface area contributed by atoms with Crippen molar-refractivity contribution < 1.29 is 31.5 Å². The number of halogens is 1. The van der Waals surface area contributed by atoms with Crippen LogP contribution in [-0.4, -0.2) is 40.6 Å². The molecule has 3 aromatic carbocycles. The molecule has 0 aliphatic heterocycles. The second-order valence-corrected chi connectivity index (χ2v) is 9.88. The molecule has 0 fully saturated rings. The molecule has 0 radical (unpaired) electrons. The molecule has 0 bridgehead atoms. The first-order chi connectivity index (χ1) is 16.7. The van der Waals surface area contributed by atoms with E-state index in [1.807, 2.05) is 0 Å². The second kappa shape index (κ2) is 9.67. The fourth-order valence-electron chi connectivity index (χ4n) is 3.52. The van der Waals surface area contributed by atoms with E-state index in [2.05, 4.69) is 10.6 Å². The van der Waals surface area contributed by atoms with Gasteiger partial charge in [0.1, 0.15) is 28.7 Å². The lowest BCUT2D eigenvalue weighted by Gasteiger charge is -2.10. The first-order valence-electron chi connectivity index (χ1n) is 10.5. The van der Waals surface area contributed by atoms with E-state index in [-0.39, 0.29) is 17.5 Å². The molecule has 8 nitrogen and oxygen atoms in total. The molecule has 1 amide bonds. The Hall–Kier alpha value is -4.05. The highest BCUT2D eigenvalue weighted by molar-refractivity contribution is 7.90. The number of ether oxygens (including phenoxy) is 2. The number of sulfone groups is 1. The third kappa shape index (κ3) is 5.22. The van der Waals surface area contributed by atoms with Crippen molar-refractivity contribution in [3.8, 4) is 28.6 Å². The largest absolute Gasteiger partial charge is 0.495 e. The molecular weight excluding hydrogens is 475 g/mol. The fourth-order valence-corrected chi connectivity index (χ4v) is 3.94. The maximum atomic E-state index is 13.9. The zero-order chi connectivity index (χ0) is 25.2. The van der Waals surface area contributed by atoms with Gasteiger partial charge in [0.2, 0.25) is 0 Å². The van der Waals surface area contributed by atoms with E-state index in [0.29, 0.717) is 45.0 Å². The topological polar surface area (TPSA) is 107 Å². The standard InChI is InChI=1S/C25H23FN2O6S/c1-27-25(29)23-17-12-22(32-2)19(28-14-35(3,30)31)13-21(17)34-24(23)15-8-10-16(11-9-15)33-20-7-5-4-6-18(20)26/h4-13,28H,14H2,1-3H3,(H,27,29). The predicted molar refractivity (Wildman–Crippen MR) is 131 cm³/mol. The number of carbonyl (C=O) groups excluding carboxylic acids is 1. The van der Waals surface area contributed by atoms with E-state index in [0.717, 1.165) is 6.26 Å². The molecule has 0 saturated carbocycles. The van der Waals surface area contributed by atoms with Crippen LogP contribution in [0.5, 0.6) is 17.2 Å². The van der Waals surface area contributed by atoms with E-state index in [9.17, 15) is 17.6 Å².